The van der Waals surface area contributed by atoms with E-state index < -0.39 is 0 Å². The summed E-state index contributed by atoms with van der Waals surface area (Å²) < 4.78 is 3.26. The van der Waals surface area contributed by atoms with Gasteiger partial charge in [0.2, 0.25) is 17.6 Å². The minimum atomic E-state index is -0.225. The highest BCUT2D eigenvalue weighted by atomic mass is 32.2. The molecule has 4 rings (SSSR count). The van der Waals surface area contributed by atoms with E-state index in [1.165, 1.54) is 16.3 Å². The molecule has 0 saturated carbocycles. The minimum Gasteiger partial charge on any atom is -0.356 e. The van der Waals surface area contributed by atoms with Crippen LogP contribution in [0.2, 0.25) is 0 Å². The van der Waals surface area contributed by atoms with Gasteiger partial charge < -0.3 is 10.6 Å². The van der Waals surface area contributed by atoms with Crippen LogP contribution in [-0.2, 0) is 22.7 Å². The number of thiophene rings is 1. The first-order valence-corrected chi connectivity index (χ1v) is 12.9. The van der Waals surface area contributed by atoms with Crippen LogP contribution in [-0.4, -0.2) is 43.3 Å². The summed E-state index contributed by atoms with van der Waals surface area (Å²) in [6.07, 6.45) is 0.154. The van der Waals surface area contributed by atoms with Crippen LogP contribution in [0.4, 0.5) is 0 Å². The van der Waals surface area contributed by atoms with Gasteiger partial charge in [-0.15, -0.1) is 21.5 Å². The van der Waals surface area contributed by atoms with Gasteiger partial charge in [0.15, 0.2) is 5.16 Å². The van der Waals surface area contributed by atoms with Crippen molar-refractivity contribution >= 4 is 51.6 Å². The van der Waals surface area contributed by atoms with Crippen LogP contribution in [0.3, 0.4) is 0 Å². The highest BCUT2D eigenvalue weighted by molar-refractivity contribution is 7.99. The fourth-order valence-corrected chi connectivity index (χ4v) is 4.84. The number of fused-ring (bicyclic) bond motifs is 3. The number of hydrogen-bond acceptors (Lipinski definition) is 7. The largest absolute Gasteiger partial charge is 0.356 e. The van der Waals surface area contributed by atoms with Crippen LogP contribution < -0.4 is 16.2 Å². The number of hydrogen-bond donors (Lipinski definition) is 2. The van der Waals surface area contributed by atoms with Gasteiger partial charge in [-0.05, 0) is 29.5 Å². The van der Waals surface area contributed by atoms with E-state index >= 15 is 0 Å². The fraction of sp³-hybridized carbons (Fsp3) is 0.348. The first kappa shape index (κ1) is 24.0. The van der Waals surface area contributed by atoms with E-state index in [0.29, 0.717) is 40.8 Å². The van der Waals surface area contributed by atoms with Gasteiger partial charge in [0, 0.05) is 24.4 Å². The molecule has 0 bridgehead atoms. The lowest BCUT2D eigenvalue weighted by Gasteiger charge is -2.12. The molecule has 178 valence electrons. The summed E-state index contributed by atoms with van der Waals surface area (Å²) in [5.41, 5.74) is 0.437. The topological polar surface area (TPSA) is 110 Å². The molecule has 9 nitrogen and oxygen atoms in total. The first-order valence-electron chi connectivity index (χ1n) is 11.0. The number of aryl methyl sites for hydroxylation is 1. The molecule has 0 aliphatic heterocycles. The smallest absolute Gasteiger partial charge is 0.262 e. The lowest BCUT2D eigenvalue weighted by Crippen LogP contribution is -2.30. The number of carbonyl (C=O) groups is 2. The number of benzene rings is 1. The predicted molar refractivity (Wildman–Crippen MR) is 134 cm³/mol. The third-order valence-electron chi connectivity index (χ3n) is 5.12. The molecule has 11 heteroatoms. The van der Waals surface area contributed by atoms with Gasteiger partial charge in [0.25, 0.3) is 5.56 Å². The lowest BCUT2D eigenvalue weighted by molar-refractivity contribution is -0.121. The third kappa shape index (κ3) is 5.48. The van der Waals surface area contributed by atoms with Gasteiger partial charge in [-0.3, -0.25) is 23.4 Å². The van der Waals surface area contributed by atoms with Crippen molar-refractivity contribution in [3.05, 3.63) is 57.0 Å². The van der Waals surface area contributed by atoms with Crippen LogP contribution >= 0.6 is 23.1 Å². The average molecular weight is 499 g/mol. The summed E-state index contributed by atoms with van der Waals surface area (Å²) >= 11 is 2.84. The number of rotatable bonds is 10. The van der Waals surface area contributed by atoms with E-state index in [0.717, 1.165) is 4.88 Å². The molecule has 0 spiro atoms. The summed E-state index contributed by atoms with van der Waals surface area (Å²) in [5.74, 6) is 0.620. The van der Waals surface area contributed by atoms with Gasteiger partial charge in [-0.2, -0.15) is 0 Å². The fourth-order valence-electron chi connectivity index (χ4n) is 3.43. The Morgan fingerprint density at radius 2 is 1.91 bits per heavy atom. The zero-order valence-electron chi connectivity index (χ0n) is 19.0. The van der Waals surface area contributed by atoms with Crippen molar-refractivity contribution in [2.24, 2.45) is 5.92 Å². The molecule has 1 aromatic carbocycles. The quantitative estimate of drug-likeness (QED) is 0.325. The number of carbonyl (C=O) groups excluding carboxylic acids is 2. The molecule has 0 radical (unpaired) electrons. The van der Waals surface area contributed by atoms with Crippen molar-refractivity contribution in [2.45, 2.75) is 38.5 Å². The summed E-state index contributed by atoms with van der Waals surface area (Å²) in [6, 6.07) is 11.1. The van der Waals surface area contributed by atoms with E-state index in [-0.39, 0.29) is 36.1 Å². The molecule has 4 aromatic rings. The Balaban J connectivity index is 1.56. The van der Waals surface area contributed by atoms with E-state index in [1.807, 2.05) is 43.5 Å². The van der Waals surface area contributed by atoms with E-state index in [9.17, 15) is 14.4 Å². The van der Waals surface area contributed by atoms with Crippen molar-refractivity contribution in [2.75, 3.05) is 12.3 Å². The second kappa shape index (κ2) is 10.8. The van der Waals surface area contributed by atoms with Gasteiger partial charge in [0.05, 0.1) is 23.2 Å². The molecule has 0 saturated heterocycles. The Hall–Kier alpha value is -3.18. The highest BCUT2D eigenvalue weighted by Gasteiger charge is 2.18. The lowest BCUT2D eigenvalue weighted by atomic mass is 10.2. The Kier molecular flexibility index (Phi) is 7.63. The Morgan fingerprint density at radius 1 is 1.09 bits per heavy atom. The summed E-state index contributed by atoms with van der Waals surface area (Å²) in [4.78, 5) is 38.9. The molecule has 2 amide bonds. The van der Waals surface area contributed by atoms with E-state index in [2.05, 4.69) is 20.8 Å². The van der Waals surface area contributed by atoms with Crippen LogP contribution in [0.5, 0.6) is 0 Å². The molecular formula is C23H26N6O3S2. The average Bonchev–Trinajstić information content (AvgIpc) is 3.50. The molecule has 0 unspecified atom stereocenters. The van der Waals surface area contributed by atoms with Crippen molar-refractivity contribution < 1.29 is 9.59 Å². The monoisotopic (exact) mass is 498 g/mol. The zero-order chi connectivity index (χ0) is 24.1. The molecule has 2 N–H and O–H groups in total. The number of para-hydroxylation sites is 1. The van der Waals surface area contributed by atoms with Crippen molar-refractivity contribution in [3.63, 3.8) is 0 Å². The predicted octanol–water partition coefficient (Wildman–Crippen LogP) is 2.68. The second-order valence-corrected chi connectivity index (χ2v) is 10.2. The summed E-state index contributed by atoms with van der Waals surface area (Å²) in [6.45, 7) is 5.30. The summed E-state index contributed by atoms with van der Waals surface area (Å²) in [5, 5.41) is 17.2. The van der Waals surface area contributed by atoms with Crippen molar-refractivity contribution in [3.8, 4) is 0 Å². The van der Waals surface area contributed by atoms with Crippen LogP contribution in [0.15, 0.2) is 51.7 Å². The molecule has 0 atom stereocenters. The first-order chi connectivity index (χ1) is 16.4. The van der Waals surface area contributed by atoms with Crippen LogP contribution in [0.25, 0.3) is 16.7 Å². The molecule has 0 aliphatic rings. The molecule has 3 aromatic heterocycles. The zero-order valence-corrected chi connectivity index (χ0v) is 20.6. The maximum Gasteiger partial charge on any atom is 0.262 e. The number of amides is 2. The Morgan fingerprint density at radius 3 is 2.68 bits per heavy atom. The number of thioether (sulfide) groups is 1. The van der Waals surface area contributed by atoms with Crippen molar-refractivity contribution in [1.82, 2.24) is 29.8 Å². The Bertz CT molecular complexity index is 1360. The summed E-state index contributed by atoms with van der Waals surface area (Å²) in [7, 11) is 0. The minimum absolute atomic E-state index is 0.116. The highest BCUT2D eigenvalue weighted by Crippen LogP contribution is 2.21. The molecule has 0 fully saturated rings. The van der Waals surface area contributed by atoms with E-state index in [4.69, 9.17) is 0 Å². The SMILES string of the molecule is CC(C)CNC(=O)CCn1c(=O)c2ccccc2n2c(SCC(=O)NCc3cccs3)nnc12. The number of nitrogens with one attached hydrogen (secondary N) is 2. The molecule has 0 aliphatic carbocycles. The third-order valence-corrected chi connectivity index (χ3v) is 6.93. The molecular weight excluding hydrogens is 472 g/mol. The van der Waals surface area contributed by atoms with Crippen molar-refractivity contribution in [1.29, 1.82) is 0 Å². The second-order valence-electron chi connectivity index (χ2n) is 8.18. The normalized spacial score (nSPS) is 11.4. The Labute approximate surface area is 204 Å². The van der Waals surface area contributed by atoms with Crippen LogP contribution in [0.1, 0.15) is 25.1 Å². The van der Waals surface area contributed by atoms with Gasteiger partial charge in [-0.25, -0.2) is 0 Å². The van der Waals surface area contributed by atoms with Gasteiger partial charge >= 0.3 is 0 Å². The number of aromatic nitrogens is 4. The maximum atomic E-state index is 13.2. The molecule has 34 heavy (non-hydrogen) atoms. The van der Waals surface area contributed by atoms with Crippen LogP contribution in [0, 0.1) is 5.92 Å². The molecule has 3 heterocycles. The number of nitrogens with zero attached hydrogens (tertiary/aromatic N) is 4. The van der Waals surface area contributed by atoms with E-state index in [1.54, 1.807) is 27.9 Å². The van der Waals surface area contributed by atoms with Gasteiger partial charge in [-0.1, -0.05) is 43.8 Å². The maximum absolute atomic E-state index is 13.2. The van der Waals surface area contributed by atoms with Gasteiger partial charge in [0.1, 0.15) is 0 Å². The standard InChI is InChI=1S/C23H26N6O3S2/c1-15(2)12-24-19(30)9-10-28-21(32)17-7-3-4-8-18(17)29-22(28)26-27-23(29)34-14-20(31)25-13-16-6-5-11-33-16/h3-8,11,15H,9-10,12-14H2,1-2H3,(H,24,30)(H,25,31).